The molecule has 0 aromatic heterocycles. The quantitative estimate of drug-likeness (QED) is 0.513. The highest BCUT2D eigenvalue weighted by Gasteiger charge is 2.62. The van der Waals surface area contributed by atoms with Gasteiger partial charge in [-0.1, -0.05) is 32.4 Å². The van der Waals surface area contributed by atoms with Gasteiger partial charge in [-0.05, 0) is 61.2 Å². The van der Waals surface area contributed by atoms with Gasteiger partial charge in [0.15, 0.2) is 0 Å². The van der Waals surface area contributed by atoms with Crippen molar-refractivity contribution in [2.75, 3.05) is 0 Å². The zero-order valence-corrected chi connectivity index (χ0v) is 10.6. The van der Waals surface area contributed by atoms with E-state index in [1.807, 2.05) is 0 Å². The van der Waals surface area contributed by atoms with E-state index in [0.29, 0.717) is 10.8 Å². The van der Waals surface area contributed by atoms with E-state index in [4.69, 9.17) is 0 Å². The Morgan fingerprint density at radius 1 is 1.27 bits per heavy atom. The van der Waals surface area contributed by atoms with Crippen molar-refractivity contribution < 1.29 is 0 Å². The highest BCUT2D eigenvalue weighted by Crippen LogP contribution is 2.71. The lowest BCUT2D eigenvalue weighted by Gasteiger charge is -2.36. The van der Waals surface area contributed by atoms with E-state index in [9.17, 15) is 0 Å². The molecule has 0 N–H and O–H groups in total. The molecule has 3 aliphatic carbocycles. The first-order chi connectivity index (χ1) is 6.98. The predicted octanol–water partition coefficient (Wildman–Crippen LogP) is 4.42. The minimum Gasteiger partial charge on any atom is -0.0847 e. The molecule has 1 spiro atoms. The average Bonchev–Trinajstić information content (AvgIpc) is 2.57. The summed E-state index contributed by atoms with van der Waals surface area (Å²) in [4.78, 5) is 0. The first-order valence-electron chi connectivity index (χ1n) is 6.65. The fraction of sp³-hybridized carbons (Fsp3) is 0.867. The standard InChI is InChI=1S/C15H24/c1-10-7-8-15-9-12(10)14(3,4)13(15)6-5-11(15)2/h7,11-13H,5-6,8-9H2,1-4H3. The van der Waals surface area contributed by atoms with Crippen molar-refractivity contribution in [1.29, 1.82) is 0 Å². The van der Waals surface area contributed by atoms with Crippen LogP contribution < -0.4 is 0 Å². The summed E-state index contributed by atoms with van der Waals surface area (Å²) in [6, 6.07) is 0. The van der Waals surface area contributed by atoms with Gasteiger partial charge in [0.25, 0.3) is 0 Å². The van der Waals surface area contributed by atoms with Gasteiger partial charge >= 0.3 is 0 Å². The maximum Gasteiger partial charge on any atom is -0.0146 e. The number of hydrogen-bond donors (Lipinski definition) is 0. The van der Waals surface area contributed by atoms with Crippen LogP contribution >= 0.6 is 0 Å². The Morgan fingerprint density at radius 3 is 2.73 bits per heavy atom. The molecule has 0 radical (unpaired) electrons. The van der Waals surface area contributed by atoms with Gasteiger partial charge in [-0.25, -0.2) is 0 Å². The molecule has 3 rings (SSSR count). The molecule has 2 bridgehead atoms. The van der Waals surface area contributed by atoms with E-state index in [1.165, 1.54) is 25.7 Å². The van der Waals surface area contributed by atoms with E-state index in [1.54, 1.807) is 5.57 Å². The molecule has 0 nitrogen and oxygen atoms in total. The molecular weight excluding hydrogens is 180 g/mol. The third-order valence-corrected chi connectivity index (χ3v) is 6.30. The summed E-state index contributed by atoms with van der Waals surface area (Å²) in [6.07, 6.45) is 8.41. The second-order valence-corrected chi connectivity index (χ2v) is 6.99. The van der Waals surface area contributed by atoms with Crippen molar-refractivity contribution in [2.45, 2.75) is 53.4 Å². The summed E-state index contributed by atoms with van der Waals surface area (Å²) in [5.41, 5.74) is 2.96. The summed E-state index contributed by atoms with van der Waals surface area (Å²) >= 11 is 0. The first-order valence-corrected chi connectivity index (χ1v) is 6.65. The maximum absolute atomic E-state index is 2.57. The van der Waals surface area contributed by atoms with E-state index < -0.39 is 0 Å². The molecule has 0 saturated heterocycles. The predicted molar refractivity (Wildman–Crippen MR) is 64.6 cm³/mol. The molecule has 4 atom stereocenters. The minimum atomic E-state index is 0.571. The van der Waals surface area contributed by atoms with Crippen LogP contribution in [0.3, 0.4) is 0 Å². The smallest absolute Gasteiger partial charge is 0.0146 e. The van der Waals surface area contributed by atoms with Gasteiger partial charge in [0.2, 0.25) is 0 Å². The number of allylic oxidation sites excluding steroid dienone is 2. The monoisotopic (exact) mass is 204 g/mol. The molecule has 0 heterocycles. The van der Waals surface area contributed by atoms with Crippen LogP contribution in [0.15, 0.2) is 11.6 Å². The SMILES string of the molecule is CC1=CCC23CC1C(C)(C)C2CCC3C. The van der Waals surface area contributed by atoms with E-state index in [-0.39, 0.29) is 0 Å². The zero-order valence-electron chi connectivity index (χ0n) is 10.6. The summed E-state index contributed by atoms with van der Waals surface area (Å²) in [5.74, 6) is 2.86. The largest absolute Gasteiger partial charge is 0.0847 e. The summed E-state index contributed by atoms with van der Waals surface area (Å²) < 4.78 is 0. The van der Waals surface area contributed by atoms with E-state index in [0.717, 1.165) is 17.8 Å². The molecule has 0 amide bonds. The third kappa shape index (κ3) is 0.990. The van der Waals surface area contributed by atoms with Crippen molar-refractivity contribution in [1.82, 2.24) is 0 Å². The van der Waals surface area contributed by atoms with Gasteiger partial charge in [0, 0.05) is 0 Å². The number of rotatable bonds is 0. The van der Waals surface area contributed by atoms with E-state index >= 15 is 0 Å². The Hall–Kier alpha value is -0.260. The summed E-state index contributed by atoms with van der Waals surface area (Å²) in [6.45, 7) is 9.94. The lowest BCUT2D eigenvalue weighted by molar-refractivity contribution is 0.128. The van der Waals surface area contributed by atoms with Gasteiger partial charge in [0.05, 0.1) is 0 Å². The Labute approximate surface area is 94.1 Å². The van der Waals surface area contributed by atoms with Crippen LogP contribution in [0.1, 0.15) is 53.4 Å². The Bertz CT molecular complexity index is 323. The highest BCUT2D eigenvalue weighted by atomic mass is 14.7. The lowest BCUT2D eigenvalue weighted by atomic mass is 9.68. The van der Waals surface area contributed by atoms with Crippen LogP contribution in [0, 0.1) is 28.6 Å². The average molecular weight is 204 g/mol. The van der Waals surface area contributed by atoms with Gasteiger partial charge in [-0.2, -0.15) is 0 Å². The molecule has 0 aromatic carbocycles. The van der Waals surface area contributed by atoms with Crippen molar-refractivity contribution in [3.8, 4) is 0 Å². The Balaban J connectivity index is 2.11. The molecule has 0 aromatic rings. The fourth-order valence-corrected chi connectivity index (χ4v) is 5.35. The highest BCUT2D eigenvalue weighted by molar-refractivity contribution is 5.25. The van der Waals surface area contributed by atoms with Crippen molar-refractivity contribution in [3.63, 3.8) is 0 Å². The Morgan fingerprint density at radius 2 is 2.00 bits per heavy atom. The minimum absolute atomic E-state index is 0.571. The van der Waals surface area contributed by atoms with Gasteiger partial charge in [-0.3, -0.25) is 0 Å². The molecule has 0 heteroatoms. The Kier molecular flexibility index (Phi) is 1.79. The second kappa shape index (κ2) is 2.70. The van der Waals surface area contributed by atoms with Crippen LogP contribution in [0.25, 0.3) is 0 Å². The van der Waals surface area contributed by atoms with Crippen molar-refractivity contribution in [3.05, 3.63) is 11.6 Å². The molecule has 0 aliphatic heterocycles. The topological polar surface area (TPSA) is 0 Å². The first kappa shape index (κ1) is 9.93. The molecule has 2 fully saturated rings. The fourth-order valence-electron chi connectivity index (χ4n) is 5.35. The van der Waals surface area contributed by atoms with Crippen LogP contribution in [0.4, 0.5) is 0 Å². The number of fused-ring (bicyclic) bond motifs is 1. The van der Waals surface area contributed by atoms with Gasteiger partial charge in [-0.15, -0.1) is 0 Å². The molecule has 3 aliphatic rings. The second-order valence-electron chi connectivity index (χ2n) is 6.99. The van der Waals surface area contributed by atoms with Crippen molar-refractivity contribution >= 4 is 0 Å². The van der Waals surface area contributed by atoms with Gasteiger partial charge in [0.1, 0.15) is 0 Å². The van der Waals surface area contributed by atoms with Crippen molar-refractivity contribution in [2.24, 2.45) is 28.6 Å². The summed E-state index contributed by atoms with van der Waals surface area (Å²) in [5, 5.41) is 0. The molecule has 4 unspecified atom stereocenters. The molecule has 15 heavy (non-hydrogen) atoms. The van der Waals surface area contributed by atoms with Crippen LogP contribution in [-0.4, -0.2) is 0 Å². The van der Waals surface area contributed by atoms with E-state index in [2.05, 4.69) is 33.8 Å². The maximum atomic E-state index is 2.57. The zero-order chi connectivity index (χ0) is 10.8. The van der Waals surface area contributed by atoms with Crippen LogP contribution in [0.2, 0.25) is 0 Å². The normalized spacial score (nSPS) is 51.5. The lowest BCUT2D eigenvalue weighted by Crippen LogP contribution is -2.30. The molecule has 84 valence electrons. The molecular formula is C15H24. The van der Waals surface area contributed by atoms with Crippen LogP contribution in [-0.2, 0) is 0 Å². The third-order valence-electron chi connectivity index (χ3n) is 6.30. The number of hydrogen-bond acceptors (Lipinski definition) is 0. The van der Waals surface area contributed by atoms with Gasteiger partial charge < -0.3 is 0 Å². The van der Waals surface area contributed by atoms with Crippen LogP contribution in [0.5, 0.6) is 0 Å². The molecule has 2 saturated carbocycles. The summed E-state index contributed by atoms with van der Waals surface area (Å²) in [7, 11) is 0.